The van der Waals surface area contributed by atoms with Crippen LogP contribution in [-0.4, -0.2) is 85.1 Å². The van der Waals surface area contributed by atoms with E-state index >= 15 is 0 Å². The summed E-state index contributed by atoms with van der Waals surface area (Å²) in [5.41, 5.74) is 2.13. The predicted octanol–water partition coefficient (Wildman–Crippen LogP) is 3.16. The minimum atomic E-state index is -0.945. The minimum Gasteiger partial charge on any atom is -1.00 e. The van der Waals surface area contributed by atoms with Gasteiger partial charge in [0.2, 0.25) is 11.6 Å². The fourth-order valence-electron chi connectivity index (χ4n) is 4.86. The standard InChI is InChI=1S/C17H16ClFN4O2.C16H12ClFN4O2.CH3.BrH.Mg/c1-3-22-9-11(8-20-22)17(25)15-7-16(18)21-23(15)14-5-4-12(19)6-13(14)10(2)24;1-2-21-8-11(7-19-21)16(24)14-6-15(17)20-22(14)13-4-3-12(18)5-10(13)9-23;;;/h4-10,24H,3H2,1-2H3;3-9H,2H2,1H3;1H3;1H;/q;;-1;;+2/p-1. The van der Waals surface area contributed by atoms with Gasteiger partial charge in [0.1, 0.15) is 23.0 Å². The number of halogens is 5. The smallest absolute Gasteiger partial charge is 1.00 e. The zero-order valence-electron chi connectivity index (χ0n) is 28.3. The van der Waals surface area contributed by atoms with Crippen molar-refractivity contribution in [1.29, 1.82) is 0 Å². The molecule has 0 saturated carbocycles. The zero-order chi connectivity index (χ0) is 35.4. The second-order valence-corrected chi connectivity index (χ2v) is 11.3. The molecule has 4 heterocycles. The topological polar surface area (TPSA) is 143 Å². The molecule has 1 atom stereocenters. The zero-order valence-corrected chi connectivity index (χ0v) is 32.9. The van der Waals surface area contributed by atoms with Crippen LogP contribution in [0.15, 0.2) is 73.3 Å². The molecule has 0 aliphatic heterocycles. The van der Waals surface area contributed by atoms with Crippen LogP contribution in [0.1, 0.15) is 74.9 Å². The molecule has 12 nitrogen and oxygen atoms in total. The molecule has 0 bridgehead atoms. The van der Waals surface area contributed by atoms with Gasteiger partial charge in [-0.2, -0.15) is 20.4 Å². The van der Waals surface area contributed by atoms with Crippen molar-refractivity contribution in [3.05, 3.63) is 136 Å². The van der Waals surface area contributed by atoms with Gasteiger partial charge in [0.25, 0.3) is 0 Å². The number of rotatable bonds is 10. The van der Waals surface area contributed by atoms with E-state index in [0.29, 0.717) is 41.8 Å². The molecular formula is C34H31BrCl2F2MgN8O4. The number of aliphatic hydroxyl groups is 1. The maximum Gasteiger partial charge on any atom is 2.00 e. The van der Waals surface area contributed by atoms with Crippen molar-refractivity contribution in [2.75, 3.05) is 0 Å². The molecule has 0 spiro atoms. The molecule has 52 heavy (non-hydrogen) atoms. The molecule has 0 aliphatic carbocycles. The molecule has 4 aromatic heterocycles. The average molecular weight is 829 g/mol. The molecule has 0 radical (unpaired) electrons. The fourth-order valence-corrected chi connectivity index (χ4v) is 5.22. The number of aldehydes is 1. The summed E-state index contributed by atoms with van der Waals surface area (Å²) in [7, 11) is 0. The average Bonchev–Trinajstić information content (AvgIpc) is 3.90. The van der Waals surface area contributed by atoms with Crippen LogP contribution >= 0.6 is 23.2 Å². The second-order valence-electron chi connectivity index (χ2n) is 10.6. The first-order valence-electron chi connectivity index (χ1n) is 14.8. The SMILES string of the molecule is CCn1cc(C(=O)c2cc(Cl)nn2-c2ccc(F)cc2C(C)O)cn1.CCn1cc(C(=O)c2cc(Cl)nn2-c2ccc(F)cc2C=O)cn1.[Br-].[CH3-].[Mg+2]. The Balaban J connectivity index is 0.000000341. The first-order valence-corrected chi connectivity index (χ1v) is 15.6. The van der Waals surface area contributed by atoms with Gasteiger partial charge in [0.15, 0.2) is 16.6 Å². The summed E-state index contributed by atoms with van der Waals surface area (Å²) < 4.78 is 32.7. The van der Waals surface area contributed by atoms with Crippen molar-refractivity contribution in [3.8, 4) is 11.4 Å². The summed E-state index contributed by atoms with van der Waals surface area (Å²) in [5.74, 6) is -1.72. The van der Waals surface area contributed by atoms with Crippen LogP contribution in [0.4, 0.5) is 8.78 Å². The number of hydrogen-bond donors (Lipinski definition) is 1. The Morgan fingerprint density at radius 1 is 0.808 bits per heavy atom. The van der Waals surface area contributed by atoms with E-state index in [2.05, 4.69) is 20.4 Å². The number of nitrogens with zero attached hydrogens (tertiary/aromatic N) is 8. The Hall–Kier alpha value is -4.06. The van der Waals surface area contributed by atoms with Crippen LogP contribution < -0.4 is 17.0 Å². The summed E-state index contributed by atoms with van der Waals surface area (Å²) in [6.07, 6.45) is 5.71. The van der Waals surface area contributed by atoms with Crippen molar-refractivity contribution in [1.82, 2.24) is 39.1 Å². The Morgan fingerprint density at radius 3 is 1.67 bits per heavy atom. The van der Waals surface area contributed by atoms with Gasteiger partial charge in [-0.15, -0.1) is 0 Å². The summed E-state index contributed by atoms with van der Waals surface area (Å²) >= 11 is 11.9. The third-order valence-corrected chi connectivity index (χ3v) is 7.65. The van der Waals surface area contributed by atoms with Crippen molar-refractivity contribution >= 4 is 64.1 Å². The maximum absolute atomic E-state index is 13.5. The molecule has 1 unspecified atom stereocenters. The Bertz CT molecular complexity index is 2180. The number of carbonyl (C=O) groups is 3. The molecule has 2 aromatic carbocycles. The monoisotopic (exact) mass is 826 g/mol. The van der Waals surface area contributed by atoms with Gasteiger partial charge in [-0.1, -0.05) is 23.2 Å². The van der Waals surface area contributed by atoms with Gasteiger partial charge in [-0.3, -0.25) is 23.7 Å². The van der Waals surface area contributed by atoms with Crippen LogP contribution in [0.5, 0.6) is 0 Å². The van der Waals surface area contributed by atoms with Crippen LogP contribution in [-0.2, 0) is 13.1 Å². The molecule has 268 valence electrons. The predicted molar refractivity (Wildman–Crippen MR) is 188 cm³/mol. The number of aliphatic hydroxyl groups excluding tert-OH is 1. The summed E-state index contributed by atoms with van der Waals surface area (Å²) in [4.78, 5) is 36.8. The minimum absolute atomic E-state index is 0. The number of ketones is 2. The number of carbonyl (C=O) groups excluding carboxylic acids is 3. The van der Waals surface area contributed by atoms with E-state index < -0.39 is 17.7 Å². The molecule has 6 rings (SSSR count). The molecular weight excluding hydrogens is 798 g/mol. The molecule has 0 amide bonds. The van der Waals surface area contributed by atoms with E-state index in [0.717, 1.165) is 6.07 Å². The summed E-state index contributed by atoms with van der Waals surface area (Å²) in [6, 6.07) is 10.3. The van der Waals surface area contributed by atoms with Gasteiger partial charge in [-0.05, 0) is 57.2 Å². The Morgan fingerprint density at radius 2 is 1.25 bits per heavy atom. The van der Waals surface area contributed by atoms with Crippen LogP contribution in [0.3, 0.4) is 0 Å². The van der Waals surface area contributed by atoms with Gasteiger partial charge >= 0.3 is 23.1 Å². The summed E-state index contributed by atoms with van der Waals surface area (Å²) in [5, 5.41) is 26.5. The van der Waals surface area contributed by atoms with Crippen LogP contribution in [0.2, 0.25) is 10.3 Å². The normalized spacial score (nSPS) is 10.9. The first-order chi connectivity index (χ1) is 23.4. The van der Waals surface area contributed by atoms with Gasteiger partial charge in [0, 0.05) is 48.7 Å². The van der Waals surface area contributed by atoms with Gasteiger partial charge in [-0.25, -0.2) is 18.1 Å². The fraction of sp³-hybridized carbons (Fsp3) is 0.176. The van der Waals surface area contributed by atoms with Crippen molar-refractivity contribution in [2.24, 2.45) is 0 Å². The van der Waals surface area contributed by atoms with Crippen molar-refractivity contribution < 1.29 is 45.3 Å². The number of benzene rings is 2. The Labute approximate surface area is 334 Å². The van der Waals surface area contributed by atoms with E-state index in [4.69, 9.17) is 23.2 Å². The molecule has 0 fully saturated rings. The number of aromatic nitrogens is 8. The maximum atomic E-state index is 13.5. The van der Waals surface area contributed by atoms with E-state index in [1.807, 2.05) is 13.8 Å². The molecule has 18 heteroatoms. The van der Waals surface area contributed by atoms with Crippen LogP contribution in [0, 0.1) is 19.1 Å². The first kappa shape index (κ1) is 44.1. The summed E-state index contributed by atoms with van der Waals surface area (Å²) in [6.45, 7) is 6.58. The Kier molecular flexibility index (Phi) is 16.2. The van der Waals surface area contributed by atoms with Gasteiger partial charge < -0.3 is 29.5 Å². The third-order valence-electron chi connectivity index (χ3n) is 7.28. The quantitative estimate of drug-likeness (QED) is 0.0962. The van der Waals surface area contributed by atoms with Crippen LogP contribution in [0.25, 0.3) is 11.4 Å². The van der Waals surface area contributed by atoms with E-state index in [-0.39, 0.29) is 92.0 Å². The van der Waals surface area contributed by atoms with E-state index in [1.165, 1.54) is 71.1 Å². The van der Waals surface area contributed by atoms with Crippen molar-refractivity contribution in [3.63, 3.8) is 0 Å². The molecule has 1 N–H and O–H groups in total. The molecule has 6 aromatic rings. The molecule has 0 aliphatic rings. The number of hydrogen-bond acceptors (Lipinski definition) is 8. The number of aryl methyl sites for hydroxylation is 2. The van der Waals surface area contributed by atoms with E-state index in [1.54, 1.807) is 21.8 Å². The largest absolute Gasteiger partial charge is 2.00 e. The van der Waals surface area contributed by atoms with E-state index in [9.17, 15) is 28.3 Å². The molecule has 0 saturated heterocycles. The second kappa shape index (κ2) is 19.1. The van der Waals surface area contributed by atoms with Gasteiger partial charge in [0.05, 0.1) is 41.0 Å². The van der Waals surface area contributed by atoms with Crippen molar-refractivity contribution in [2.45, 2.75) is 40.0 Å². The third kappa shape index (κ3) is 9.67.